The normalized spacial score (nSPS) is 12.5. The van der Waals surface area contributed by atoms with Crippen LogP contribution in [0.5, 0.6) is 0 Å². The third kappa shape index (κ3) is 2.71. The lowest BCUT2D eigenvalue weighted by atomic mass is 10.0. The van der Waals surface area contributed by atoms with E-state index in [1.807, 2.05) is 6.92 Å². The Morgan fingerprint density at radius 3 is 2.81 bits per heavy atom. The minimum atomic E-state index is -0.506. The summed E-state index contributed by atoms with van der Waals surface area (Å²) in [6.45, 7) is 5.38. The highest BCUT2D eigenvalue weighted by atomic mass is 35.5. The number of hydrogen-bond donors (Lipinski definition) is 1. The summed E-state index contributed by atoms with van der Waals surface area (Å²) in [6, 6.07) is -0.506. The molecular weight excluding hydrogens is 226 g/mol. The fourth-order valence-electron chi connectivity index (χ4n) is 1.49. The van der Waals surface area contributed by atoms with Crippen molar-refractivity contribution in [2.75, 3.05) is 0 Å². The third-order valence-electron chi connectivity index (χ3n) is 2.46. The first-order valence-corrected chi connectivity index (χ1v) is 5.42. The number of carbonyl (C=O) groups is 1. The lowest BCUT2D eigenvalue weighted by Crippen LogP contribution is -2.31. The van der Waals surface area contributed by atoms with E-state index in [-0.39, 0.29) is 12.2 Å². The molecule has 0 fully saturated rings. The number of nitrogens with zero attached hydrogens (tertiary/aromatic N) is 2. The lowest BCUT2D eigenvalue weighted by molar-refractivity contribution is -0.119. The molecule has 16 heavy (non-hydrogen) atoms. The number of aromatic nitrogens is 2. The number of halogens is 1. The number of nitrogens with two attached hydrogens (primary N) is 1. The van der Waals surface area contributed by atoms with E-state index in [0.29, 0.717) is 11.6 Å². The van der Waals surface area contributed by atoms with Crippen LogP contribution in [0.1, 0.15) is 17.7 Å². The highest BCUT2D eigenvalue weighted by Gasteiger charge is 2.18. The Morgan fingerprint density at radius 1 is 1.75 bits per heavy atom. The molecule has 1 aromatic heterocycles. The largest absolute Gasteiger partial charge is 0.321 e. The summed E-state index contributed by atoms with van der Waals surface area (Å²) in [7, 11) is 1.74. The van der Waals surface area contributed by atoms with Crippen LogP contribution in [-0.2, 0) is 18.3 Å². The van der Waals surface area contributed by atoms with Crippen LogP contribution in [0, 0.1) is 6.92 Å². The van der Waals surface area contributed by atoms with Crippen molar-refractivity contribution in [1.29, 1.82) is 0 Å². The lowest BCUT2D eigenvalue weighted by Gasteiger charge is -2.07. The van der Waals surface area contributed by atoms with Crippen LogP contribution in [0.4, 0.5) is 0 Å². The topological polar surface area (TPSA) is 60.9 Å². The van der Waals surface area contributed by atoms with Gasteiger partial charge in [-0.2, -0.15) is 5.10 Å². The zero-order valence-corrected chi connectivity index (χ0v) is 10.3. The minimum absolute atomic E-state index is 0.0436. The number of hydrogen-bond acceptors (Lipinski definition) is 3. The zero-order valence-electron chi connectivity index (χ0n) is 9.53. The third-order valence-corrected chi connectivity index (χ3v) is 2.93. The molecule has 0 spiro atoms. The number of aryl methyl sites for hydroxylation is 2. The molecule has 1 heterocycles. The first kappa shape index (κ1) is 12.9. The molecule has 0 saturated carbocycles. The van der Waals surface area contributed by atoms with E-state index >= 15 is 0 Å². The summed E-state index contributed by atoms with van der Waals surface area (Å²) in [4.78, 5) is 11.7. The molecule has 1 atom stereocenters. The Hall–Kier alpha value is -1.13. The monoisotopic (exact) mass is 241 g/mol. The summed E-state index contributed by atoms with van der Waals surface area (Å²) >= 11 is 6.03. The van der Waals surface area contributed by atoms with Crippen molar-refractivity contribution in [3.63, 3.8) is 0 Å². The van der Waals surface area contributed by atoms with E-state index in [1.165, 1.54) is 0 Å². The molecule has 1 aromatic rings. The first-order chi connectivity index (χ1) is 7.47. The molecule has 0 saturated heterocycles. The van der Waals surface area contributed by atoms with Crippen molar-refractivity contribution in [3.05, 3.63) is 29.1 Å². The van der Waals surface area contributed by atoms with Crippen LogP contribution in [-0.4, -0.2) is 21.6 Å². The SMILES string of the molecule is C=CCC(N)C(=O)Cc1c(C)nn(C)c1Cl. The van der Waals surface area contributed by atoms with Crippen molar-refractivity contribution in [3.8, 4) is 0 Å². The van der Waals surface area contributed by atoms with Crippen LogP contribution in [0.3, 0.4) is 0 Å². The van der Waals surface area contributed by atoms with E-state index < -0.39 is 6.04 Å². The summed E-state index contributed by atoms with van der Waals surface area (Å²) in [5, 5.41) is 4.64. The molecule has 2 N–H and O–H groups in total. The van der Waals surface area contributed by atoms with Gasteiger partial charge in [0.1, 0.15) is 5.15 Å². The van der Waals surface area contributed by atoms with Crippen molar-refractivity contribution < 1.29 is 4.79 Å². The van der Waals surface area contributed by atoms with Crippen LogP contribution in [0.15, 0.2) is 12.7 Å². The molecule has 5 heteroatoms. The summed E-state index contributed by atoms with van der Waals surface area (Å²) in [6.07, 6.45) is 2.35. The standard InChI is InChI=1S/C11H16ClN3O/c1-4-5-9(13)10(16)6-8-7(2)14-15(3)11(8)12/h4,9H,1,5-6,13H2,2-3H3. The van der Waals surface area contributed by atoms with E-state index in [9.17, 15) is 4.79 Å². The molecule has 0 amide bonds. The van der Waals surface area contributed by atoms with Gasteiger partial charge in [-0.25, -0.2) is 0 Å². The second-order valence-corrected chi connectivity index (χ2v) is 4.11. The second-order valence-electron chi connectivity index (χ2n) is 3.75. The van der Waals surface area contributed by atoms with Crippen molar-refractivity contribution >= 4 is 17.4 Å². The average Bonchev–Trinajstić information content (AvgIpc) is 2.45. The van der Waals surface area contributed by atoms with E-state index in [1.54, 1.807) is 17.8 Å². The Morgan fingerprint density at radius 2 is 2.38 bits per heavy atom. The van der Waals surface area contributed by atoms with Gasteiger partial charge >= 0.3 is 0 Å². The van der Waals surface area contributed by atoms with Gasteiger partial charge in [0.2, 0.25) is 0 Å². The maximum absolute atomic E-state index is 11.7. The van der Waals surface area contributed by atoms with Gasteiger partial charge in [-0.3, -0.25) is 9.48 Å². The Kier molecular flexibility index (Phi) is 4.26. The Balaban J connectivity index is 2.80. The predicted octanol–water partition coefficient (Wildman–Crippen LogP) is 1.40. The molecule has 1 unspecified atom stereocenters. The fourth-order valence-corrected chi connectivity index (χ4v) is 1.73. The van der Waals surface area contributed by atoms with Gasteiger partial charge in [-0.1, -0.05) is 17.7 Å². The maximum atomic E-state index is 11.7. The summed E-state index contributed by atoms with van der Waals surface area (Å²) in [5.41, 5.74) is 7.22. The van der Waals surface area contributed by atoms with Gasteiger partial charge in [-0.05, 0) is 13.3 Å². The smallest absolute Gasteiger partial charge is 0.154 e. The highest BCUT2D eigenvalue weighted by Crippen LogP contribution is 2.19. The molecule has 4 nitrogen and oxygen atoms in total. The van der Waals surface area contributed by atoms with Crippen molar-refractivity contribution in [2.45, 2.75) is 25.8 Å². The molecule has 0 radical (unpaired) electrons. The van der Waals surface area contributed by atoms with Crippen molar-refractivity contribution in [2.24, 2.45) is 12.8 Å². The highest BCUT2D eigenvalue weighted by molar-refractivity contribution is 6.30. The minimum Gasteiger partial charge on any atom is -0.321 e. The summed E-state index contributed by atoms with van der Waals surface area (Å²) < 4.78 is 1.55. The molecular formula is C11H16ClN3O. The van der Waals surface area contributed by atoms with Crippen LogP contribution >= 0.6 is 11.6 Å². The Labute approximate surface area is 100 Å². The first-order valence-electron chi connectivity index (χ1n) is 5.04. The molecule has 0 bridgehead atoms. The Bertz CT molecular complexity index is 412. The maximum Gasteiger partial charge on any atom is 0.154 e. The molecule has 0 aromatic carbocycles. The molecule has 88 valence electrons. The van der Waals surface area contributed by atoms with Gasteiger partial charge in [0.25, 0.3) is 0 Å². The molecule has 0 aliphatic rings. The van der Waals surface area contributed by atoms with Crippen molar-refractivity contribution in [1.82, 2.24) is 9.78 Å². The zero-order chi connectivity index (χ0) is 12.3. The van der Waals surface area contributed by atoms with Gasteiger partial charge in [-0.15, -0.1) is 6.58 Å². The molecule has 0 aliphatic carbocycles. The summed E-state index contributed by atoms with van der Waals surface area (Å²) in [5.74, 6) is -0.0436. The molecule has 1 rings (SSSR count). The van der Waals surface area contributed by atoms with Gasteiger partial charge in [0.15, 0.2) is 5.78 Å². The van der Waals surface area contributed by atoms with E-state index in [0.717, 1.165) is 11.3 Å². The number of ketones is 1. The van der Waals surface area contributed by atoms with E-state index in [2.05, 4.69) is 11.7 Å². The van der Waals surface area contributed by atoms with Crippen LogP contribution < -0.4 is 5.73 Å². The van der Waals surface area contributed by atoms with E-state index in [4.69, 9.17) is 17.3 Å². The quantitative estimate of drug-likeness (QED) is 0.793. The predicted molar refractivity (Wildman–Crippen MR) is 64.5 cm³/mol. The number of Topliss-reactive ketones (excluding diaryl/α,β-unsaturated/α-hetero) is 1. The van der Waals surface area contributed by atoms with Crippen LogP contribution in [0.25, 0.3) is 0 Å². The average molecular weight is 242 g/mol. The number of carbonyl (C=O) groups excluding carboxylic acids is 1. The van der Waals surface area contributed by atoms with Gasteiger partial charge in [0.05, 0.1) is 11.7 Å². The van der Waals surface area contributed by atoms with Gasteiger partial charge < -0.3 is 5.73 Å². The van der Waals surface area contributed by atoms with Crippen LogP contribution in [0.2, 0.25) is 5.15 Å². The fraction of sp³-hybridized carbons (Fsp3) is 0.455. The molecule has 0 aliphatic heterocycles. The van der Waals surface area contributed by atoms with Gasteiger partial charge in [0, 0.05) is 19.0 Å². The second kappa shape index (κ2) is 5.27. The number of rotatable bonds is 5.